The van der Waals surface area contributed by atoms with E-state index in [9.17, 15) is 9.18 Å². The number of nitrogens with one attached hydrogen (secondary N) is 1. The number of anilines is 2. The molecular weight excluding hydrogens is 399 g/mol. The third kappa shape index (κ3) is 4.14. The van der Waals surface area contributed by atoms with Crippen molar-refractivity contribution in [3.05, 3.63) is 60.5 Å². The number of hydrogen-bond donors (Lipinski definition) is 1. The van der Waals surface area contributed by atoms with Crippen molar-refractivity contribution in [2.45, 2.75) is 12.8 Å². The number of piperidine rings is 1. The third-order valence-electron chi connectivity index (χ3n) is 5.50. The van der Waals surface area contributed by atoms with E-state index >= 15 is 0 Å². The van der Waals surface area contributed by atoms with Crippen LogP contribution in [0, 0.1) is 11.7 Å². The molecule has 2 aliphatic heterocycles. The molecule has 1 saturated heterocycles. The van der Waals surface area contributed by atoms with Crippen LogP contribution < -0.4 is 19.7 Å². The van der Waals surface area contributed by atoms with E-state index in [2.05, 4.69) is 20.2 Å². The minimum atomic E-state index is -0.299. The Morgan fingerprint density at radius 2 is 1.94 bits per heavy atom. The zero-order valence-electron chi connectivity index (χ0n) is 16.8. The average Bonchev–Trinajstić information content (AvgIpc) is 3.28. The van der Waals surface area contributed by atoms with Crippen LogP contribution in [0.2, 0.25) is 0 Å². The lowest BCUT2D eigenvalue weighted by Gasteiger charge is -2.33. The summed E-state index contributed by atoms with van der Waals surface area (Å²) in [6.45, 7) is 1.58. The number of carbonyl (C=O) groups is 1. The monoisotopic (exact) mass is 420 g/mol. The summed E-state index contributed by atoms with van der Waals surface area (Å²) in [6.07, 6.45) is 3.38. The van der Waals surface area contributed by atoms with E-state index in [1.807, 2.05) is 12.1 Å². The Labute approximate surface area is 178 Å². The van der Waals surface area contributed by atoms with Gasteiger partial charge < -0.3 is 19.7 Å². The summed E-state index contributed by atoms with van der Waals surface area (Å²) in [7, 11) is 0. The standard InChI is InChI=1S/C23H21FN4O3/c24-17-5-3-15(4-6-17)22-25-10-9-21(27-22)28-11-1-2-16(13-28)23(29)26-18-7-8-19-20(12-18)31-14-30-19/h3-10,12,16H,1-2,11,13-14H2,(H,26,29)/t16-/m1/s1. The molecule has 3 aromatic rings. The quantitative estimate of drug-likeness (QED) is 0.691. The highest BCUT2D eigenvalue weighted by Gasteiger charge is 2.27. The van der Waals surface area contributed by atoms with Crippen LogP contribution in [0.3, 0.4) is 0 Å². The van der Waals surface area contributed by atoms with Crippen LogP contribution in [0.4, 0.5) is 15.9 Å². The second-order valence-corrected chi connectivity index (χ2v) is 7.59. The first-order chi connectivity index (χ1) is 15.2. The van der Waals surface area contributed by atoms with Gasteiger partial charge in [-0.3, -0.25) is 4.79 Å². The molecule has 0 saturated carbocycles. The average molecular weight is 420 g/mol. The molecule has 1 N–H and O–H groups in total. The Morgan fingerprint density at radius 3 is 2.81 bits per heavy atom. The molecule has 1 atom stereocenters. The highest BCUT2D eigenvalue weighted by atomic mass is 19.1. The summed E-state index contributed by atoms with van der Waals surface area (Å²) in [4.78, 5) is 23.9. The van der Waals surface area contributed by atoms with Gasteiger partial charge in [-0.05, 0) is 55.3 Å². The number of hydrogen-bond acceptors (Lipinski definition) is 6. The van der Waals surface area contributed by atoms with Crippen LogP contribution in [-0.4, -0.2) is 35.8 Å². The Kier molecular flexibility index (Phi) is 5.11. The van der Waals surface area contributed by atoms with Crippen LogP contribution in [0.1, 0.15) is 12.8 Å². The highest BCUT2D eigenvalue weighted by molar-refractivity contribution is 5.93. The summed E-state index contributed by atoms with van der Waals surface area (Å²) in [5.74, 6) is 2.12. The van der Waals surface area contributed by atoms with Crippen LogP contribution in [-0.2, 0) is 4.79 Å². The number of carbonyl (C=O) groups excluding carboxylic acids is 1. The minimum absolute atomic E-state index is 0.0311. The molecule has 2 aromatic carbocycles. The van der Waals surface area contributed by atoms with Gasteiger partial charge in [0, 0.05) is 36.6 Å². The van der Waals surface area contributed by atoms with E-state index in [4.69, 9.17) is 9.47 Å². The molecule has 0 spiro atoms. The largest absolute Gasteiger partial charge is 0.454 e. The first-order valence-corrected chi connectivity index (χ1v) is 10.2. The maximum absolute atomic E-state index is 13.2. The molecule has 1 fully saturated rings. The lowest BCUT2D eigenvalue weighted by atomic mass is 9.97. The lowest BCUT2D eigenvalue weighted by molar-refractivity contribution is -0.120. The predicted octanol–water partition coefficient (Wildman–Crippen LogP) is 3.87. The van der Waals surface area contributed by atoms with Crippen LogP contribution in [0.15, 0.2) is 54.7 Å². The second kappa shape index (κ2) is 8.22. The molecular formula is C23H21FN4O3. The second-order valence-electron chi connectivity index (χ2n) is 7.59. The van der Waals surface area contributed by atoms with Gasteiger partial charge in [0.05, 0.1) is 5.92 Å². The fourth-order valence-corrected chi connectivity index (χ4v) is 3.88. The van der Waals surface area contributed by atoms with Crippen molar-refractivity contribution in [2.75, 3.05) is 30.1 Å². The van der Waals surface area contributed by atoms with Gasteiger partial charge in [-0.15, -0.1) is 0 Å². The molecule has 158 valence electrons. The van der Waals surface area contributed by atoms with Gasteiger partial charge in [-0.2, -0.15) is 0 Å². The first-order valence-electron chi connectivity index (χ1n) is 10.2. The number of aromatic nitrogens is 2. The van der Waals surface area contributed by atoms with E-state index in [1.54, 1.807) is 30.5 Å². The molecule has 7 nitrogen and oxygen atoms in total. The van der Waals surface area contributed by atoms with Gasteiger partial charge in [0.1, 0.15) is 11.6 Å². The maximum atomic E-state index is 13.2. The molecule has 0 aliphatic carbocycles. The summed E-state index contributed by atoms with van der Waals surface area (Å²) >= 11 is 0. The van der Waals surface area contributed by atoms with E-state index in [0.29, 0.717) is 29.6 Å². The van der Waals surface area contributed by atoms with Crippen molar-refractivity contribution in [3.8, 4) is 22.9 Å². The highest BCUT2D eigenvalue weighted by Crippen LogP contribution is 2.34. The summed E-state index contributed by atoms with van der Waals surface area (Å²) in [5, 5.41) is 2.99. The van der Waals surface area contributed by atoms with Gasteiger partial charge in [-0.1, -0.05) is 0 Å². The molecule has 8 heteroatoms. The lowest BCUT2D eigenvalue weighted by Crippen LogP contribution is -2.41. The van der Waals surface area contributed by atoms with Gasteiger partial charge in [0.25, 0.3) is 0 Å². The number of amides is 1. The van der Waals surface area contributed by atoms with Gasteiger partial charge in [-0.25, -0.2) is 14.4 Å². The van der Waals surface area contributed by atoms with Crippen molar-refractivity contribution in [3.63, 3.8) is 0 Å². The Balaban J connectivity index is 1.28. The summed E-state index contributed by atoms with van der Waals surface area (Å²) in [6, 6.07) is 13.3. The molecule has 1 aromatic heterocycles. The van der Waals surface area contributed by atoms with Crippen LogP contribution in [0.5, 0.6) is 11.5 Å². The SMILES string of the molecule is O=C(Nc1ccc2c(c1)OCO2)[C@@H]1CCCN(c2ccnc(-c3ccc(F)cc3)n2)C1. The summed E-state index contributed by atoms with van der Waals surface area (Å²) in [5.41, 5.74) is 1.43. The molecule has 31 heavy (non-hydrogen) atoms. The molecule has 1 amide bonds. The fourth-order valence-electron chi connectivity index (χ4n) is 3.88. The van der Waals surface area contributed by atoms with Crippen LogP contribution >= 0.6 is 0 Å². The van der Waals surface area contributed by atoms with E-state index in [-0.39, 0.29) is 24.4 Å². The predicted molar refractivity (Wildman–Crippen MR) is 114 cm³/mol. The van der Waals surface area contributed by atoms with Crippen molar-refractivity contribution in [2.24, 2.45) is 5.92 Å². The Hall–Kier alpha value is -3.68. The van der Waals surface area contributed by atoms with E-state index in [0.717, 1.165) is 30.8 Å². The third-order valence-corrected chi connectivity index (χ3v) is 5.50. The Morgan fingerprint density at radius 1 is 1.10 bits per heavy atom. The number of fused-ring (bicyclic) bond motifs is 1. The molecule has 0 radical (unpaired) electrons. The van der Waals surface area contributed by atoms with E-state index < -0.39 is 0 Å². The molecule has 0 bridgehead atoms. The first kappa shape index (κ1) is 19.3. The number of rotatable bonds is 4. The van der Waals surface area contributed by atoms with Crippen LogP contribution in [0.25, 0.3) is 11.4 Å². The zero-order valence-corrected chi connectivity index (χ0v) is 16.8. The van der Waals surface area contributed by atoms with Gasteiger partial charge >= 0.3 is 0 Å². The van der Waals surface area contributed by atoms with E-state index in [1.165, 1.54) is 12.1 Å². The molecule has 5 rings (SSSR count). The number of ether oxygens (including phenoxy) is 2. The summed E-state index contributed by atoms with van der Waals surface area (Å²) < 4.78 is 23.9. The molecule has 2 aliphatic rings. The van der Waals surface area contributed by atoms with Crippen molar-refractivity contribution >= 4 is 17.4 Å². The van der Waals surface area contributed by atoms with Gasteiger partial charge in [0.2, 0.25) is 12.7 Å². The van der Waals surface area contributed by atoms with Crippen molar-refractivity contribution in [1.29, 1.82) is 0 Å². The van der Waals surface area contributed by atoms with Gasteiger partial charge in [0.15, 0.2) is 17.3 Å². The minimum Gasteiger partial charge on any atom is -0.454 e. The fraction of sp³-hybridized carbons (Fsp3) is 0.261. The topological polar surface area (TPSA) is 76.6 Å². The van der Waals surface area contributed by atoms with Crippen molar-refractivity contribution < 1.29 is 18.7 Å². The molecule has 0 unspecified atom stereocenters. The number of nitrogens with zero attached hydrogens (tertiary/aromatic N) is 3. The smallest absolute Gasteiger partial charge is 0.231 e. The Bertz CT molecular complexity index is 1110. The van der Waals surface area contributed by atoms with Crippen molar-refractivity contribution in [1.82, 2.24) is 9.97 Å². The zero-order chi connectivity index (χ0) is 21.2. The normalized spacial score (nSPS) is 17.5. The molecule has 3 heterocycles. The maximum Gasteiger partial charge on any atom is 0.231 e. The number of halogens is 1. The number of benzene rings is 2.